The molecule has 0 aromatic heterocycles. The van der Waals surface area contributed by atoms with Crippen LogP contribution in [0.3, 0.4) is 0 Å². The van der Waals surface area contributed by atoms with Crippen LogP contribution >= 0.6 is 11.8 Å². The number of hydrogen-bond acceptors (Lipinski definition) is 2. The molecule has 0 fully saturated rings. The van der Waals surface area contributed by atoms with Gasteiger partial charge in [0.15, 0.2) is 0 Å². The van der Waals surface area contributed by atoms with E-state index in [9.17, 15) is 4.79 Å². The number of aryl methyl sites for hydroxylation is 2. The van der Waals surface area contributed by atoms with Crippen LogP contribution in [0, 0.1) is 19.8 Å². The Morgan fingerprint density at radius 3 is 2.67 bits per heavy atom. The van der Waals surface area contributed by atoms with E-state index in [0.717, 1.165) is 11.5 Å². The molecule has 0 radical (unpaired) electrons. The number of hydrogen-bond donors (Lipinski definition) is 0. The third-order valence-corrected chi connectivity index (χ3v) is 4.70. The summed E-state index contributed by atoms with van der Waals surface area (Å²) < 4.78 is 0. The number of amides is 1. The topological polar surface area (TPSA) is 29.4 Å². The van der Waals surface area contributed by atoms with E-state index in [2.05, 4.69) is 50.9 Å². The van der Waals surface area contributed by atoms with E-state index in [1.54, 1.807) is 11.8 Å². The molecule has 1 aromatic rings. The second-order valence-corrected chi connectivity index (χ2v) is 6.45. The standard InChI is InChI=1S/C15H19NOS/c1-9(2)14-15(17)16-13(18-14)8-12-7-10(3)5-6-11(12)4/h5-7,9,14H,8H2,1-4H3. The molecule has 2 rings (SSSR count). The summed E-state index contributed by atoms with van der Waals surface area (Å²) in [4.78, 5) is 16.0. The summed E-state index contributed by atoms with van der Waals surface area (Å²) in [6, 6.07) is 6.43. The number of thioether (sulfide) groups is 1. The fourth-order valence-corrected chi connectivity index (χ4v) is 3.17. The molecule has 1 aliphatic heterocycles. The number of benzene rings is 1. The van der Waals surface area contributed by atoms with Crippen LogP contribution in [-0.2, 0) is 11.2 Å². The van der Waals surface area contributed by atoms with E-state index in [1.165, 1.54) is 16.7 Å². The van der Waals surface area contributed by atoms with Gasteiger partial charge in [-0.25, -0.2) is 4.99 Å². The van der Waals surface area contributed by atoms with Gasteiger partial charge >= 0.3 is 0 Å². The second-order valence-electron chi connectivity index (χ2n) is 5.23. The lowest BCUT2D eigenvalue weighted by Crippen LogP contribution is -2.17. The average molecular weight is 261 g/mol. The first-order valence-electron chi connectivity index (χ1n) is 6.31. The van der Waals surface area contributed by atoms with Crippen molar-refractivity contribution < 1.29 is 4.79 Å². The molecule has 0 saturated carbocycles. The van der Waals surface area contributed by atoms with Gasteiger partial charge in [-0.1, -0.05) is 49.4 Å². The SMILES string of the molecule is Cc1ccc(C)c(CC2=NC(=O)C(C(C)C)S2)c1. The van der Waals surface area contributed by atoms with Crippen molar-refractivity contribution in [3.8, 4) is 0 Å². The van der Waals surface area contributed by atoms with Crippen molar-refractivity contribution >= 4 is 22.7 Å². The minimum absolute atomic E-state index is 0.0186. The number of rotatable bonds is 3. The van der Waals surface area contributed by atoms with Crippen molar-refractivity contribution in [3.05, 3.63) is 34.9 Å². The fourth-order valence-electron chi connectivity index (χ4n) is 2.07. The molecule has 0 bridgehead atoms. The highest BCUT2D eigenvalue weighted by molar-refractivity contribution is 8.15. The Labute approximate surface area is 113 Å². The molecule has 18 heavy (non-hydrogen) atoms. The lowest BCUT2D eigenvalue weighted by Gasteiger charge is -2.11. The molecule has 0 N–H and O–H groups in total. The average Bonchev–Trinajstić information content (AvgIpc) is 2.65. The first-order valence-corrected chi connectivity index (χ1v) is 7.19. The van der Waals surface area contributed by atoms with Crippen LogP contribution in [0.25, 0.3) is 0 Å². The van der Waals surface area contributed by atoms with Gasteiger partial charge in [0.2, 0.25) is 0 Å². The minimum atomic E-state index is 0.0186. The van der Waals surface area contributed by atoms with Gasteiger partial charge in [-0.05, 0) is 30.9 Å². The van der Waals surface area contributed by atoms with Crippen LogP contribution in [0.15, 0.2) is 23.2 Å². The first kappa shape index (κ1) is 13.3. The van der Waals surface area contributed by atoms with Crippen molar-refractivity contribution in [1.29, 1.82) is 0 Å². The maximum Gasteiger partial charge on any atom is 0.260 e. The Kier molecular flexibility index (Phi) is 3.91. The third kappa shape index (κ3) is 2.83. The van der Waals surface area contributed by atoms with Crippen LogP contribution in [0.2, 0.25) is 0 Å². The van der Waals surface area contributed by atoms with Crippen molar-refractivity contribution in [2.24, 2.45) is 10.9 Å². The predicted octanol–water partition coefficient (Wildman–Crippen LogP) is 3.54. The maximum atomic E-state index is 11.8. The molecule has 1 heterocycles. The lowest BCUT2D eigenvalue weighted by molar-refractivity contribution is -0.117. The molecule has 1 aliphatic rings. The third-order valence-electron chi connectivity index (χ3n) is 3.19. The largest absolute Gasteiger partial charge is 0.271 e. The second kappa shape index (κ2) is 5.27. The van der Waals surface area contributed by atoms with Crippen molar-refractivity contribution in [2.45, 2.75) is 39.4 Å². The van der Waals surface area contributed by atoms with Crippen molar-refractivity contribution in [3.63, 3.8) is 0 Å². The zero-order valence-corrected chi connectivity index (χ0v) is 12.2. The summed E-state index contributed by atoms with van der Waals surface area (Å²) in [6.07, 6.45) is 0.785. The molecule has 0 spiro atoms. The van der Waals surface area contributed by atoms with Gasteiger partial charge in [-0.15, -0.1) is 0 Å². The Balaban J connectivity index is 2.14. The van der Waals surface area contributed by atoms with Gasteiger partial charge in [0.05, 0.1) is 10.3 Å². The van der Waals surface area contributed by atoms with Crippen LogP contribution in [0.1, 0.15) is 30.5 Å². The Morgan fingerprint density at radius 2 is 2.06 bits per heavy atom. The maximum absolute atomic E-state index is 11.8. The molecule has 1 atom stereocenters. The Hall–Kier alpha value is -1.09. The number of aliphatic imine (C=N–C) groups is 1. The normalized spacial score (nSPS) is 19.5. The van der Waals surface area contributed by atoms with E-state index < -0.39 is 0 Å². The Morgan fingerprint density at radius 1 is 1.33 bits per heavy atom. The van der Waals surface area contributed by atoms with Gasteiger partial charge < -0.3 is 0 Å². The predicted molar refractivity (Wildman–Crippen MR) is 78.3 cm³/mol. The van der Waals surface area contributed by atoms with Gasteiger partial charge in [-0.2, -0.15) is 0 Å². The smallest absolute Gasteiger partial charge is 0.260 e. The summed E-state index contributed by atoms with van der Waals surface area (Å²) in [5.74, 6) is 0.387. The molecule has 1 amide bonds. The highest BCUT2D eigenvalue weighted by atomic mass is 32.2. The number of carbonyl (C=O) groups excluding carboxylic acids is 1. The van der Waals surface area contributed by atoms with Crippen LogP contribution in [-0.4, -0.2) is 16.2 Å². The first-order chi connectivity index (χ1) is 8.47. The van der Waals surface area contributed by atoms with E-state index in [1.807, 2.05) is 0 Å². The van der Waals surface area contributed by atoms with Crippen LogP contribution < -0.4 is 0 Å². The van der Waals surface area contributed by atoms with E-state index >= 15 is 0 Å². The van der Waals surface area contributed by atoms with Gasteiger partial charge in [0.25, 0.3) is 5.91 Å². The van der Waals surface area contributed by atoms with Crippen LogP contribution in [0.5, 0.6) is 0 Å². The summed E-state index contributed by atoms with van der Waals surface area (Å²) in [7, 11) is 0. The Bertz CT molecular complexity index is 505. The molecule has 1 unspecified atom stereocenters. The summed E-state index contributed by atoms with van der Waals surface area (Å²) >= 11 is 1.64. The summed E-state index contributed by atoms with van der Waals surface area (Å²) in [5.41, 5.74) is 3.80. The van der Waals surface area contributed by atoms with Gasteiger partial charge in [0, 0.05) is 6.42 Å². The highest BCUT2D eigenvalue weighted by Gasteiger charge is 2.30. The summed E-state index contributed by atoms with van der Waals surface area (Å²) in [6.45, 7) is 8.35. The molecule has 3 heteroatoms. The van der Waals surface area contributed by atoms with E-state index in [4.69, 9.17) is 0 Å². The van der Waals surface area contributed by atoms with E-state index in [0.29, 0.717) is 5.92 Å². The molecular weight excluding hydrogens is 242 g/mol. The monoisotopic (exact) mass is 261 g/mol. The zero-order valence-electron chi connectivity index (χ0n) is 11.4. The molecular formula is C15H19NOS. The number of nitrogens with zero attached hydrogens (tertiary/aromatic N) is 1. The molecule has 0 saturated heterocycles. The molecule has 96 valence electrons. The highest BCUT2D eigenvalue weighted by Crippen LogP contribution is 2.30. The molecule has 0 aliphatic carbocycles. The lowest BCUT2D eigenvalue weighted by atomic mass is 10.0. The van der Waals surface area contributed by atoms with Crippen LogP contribution in [0.4, 0.5) is 0 Å². The van der Waals surface area contributed by atoms with Gasteiger partial charge in [-0.3, -0.25) is 4.79 Å². The quantitative estimate of drug-likeness (QED) is 0.833. The minimum Gasteiger partial charge on any atom is -0.271 e. The molecule has 1 aromatic carbocycles. The fraction of sp³-hybridized carbons (Fsp3) is 0.467. The van der Waals surface area contributed by atoms with Crippen molar-refractivity contribution in [2.75, 3.05) is 0 Å². The molecule has 2 nitrogen and oxygen atoms in total. The van der Waals surface area contributed by atoms with Crippen molar-refractivity contribution in [1.82, 2.24) is 0 Å². The zero-order chi connectivity index (χ0) is 13.3. The summed E-state index contributed by atoms with van der Waals surface area (Å²) in [5, 5.41) is 0.984. The van der Waals surface area contributed by atoms with Gasteiger partial charge in [0.1, 0.15) is 0 Å². The van der Waals surface area contributed by atoms with E-state index in [-0.39, 0.29) is 11.2 Å². The number of carbonyl (C=O) groups is 1.